The number of ether oxygens (including phenoxy) is 3. The third-order valence-corrected chi connectivity index (χ3v) is 2.84. The second-order valence-corrected chi connectivity index (χ2v) is 4.20. The van der Waals surface area contributed by atoms with Crippen LogP contribution in [0.2, 0.25) is 0 Å². The number of carbonyl (C=O) groups excluding carboxylic acids is 1. The van der Waals surface area contributed by atoms with Crippen LogP contribution < -0.4 is 16.0 Å². The Kier molecular flexibility index (Phi) is 5.14. The lowest BCUT2D eigenvalue weighted by Crippen LogP contribution is -2.29. The first kappa shape index (κ1) is 13.8. The Hall–Kier alpha value is -1.63. The number of nitrogens with two attached hydrogens (primary N) is 1. The molecule has 1 unspecified atom stereocenters. The largest absolute Gasteiger partial charge is 0.491 e. The van der Waals surface area contributed by atoms with Crippen LogP contribution in [0.25, 0.3) is 0 Å². The van der Waals surface area contributed by atoms with Gasteiger partial charge in [-0.05, 0) is 30.7 Å². The molecule has 0 bridgehead atoms. The summed E-state index contributed by atoms with van der Waals surface area (Å²) >= 11 is 0. The van der Waals surface area contributed by atoms with E-state index in [1.54, 1.807) is 24.3 Å². The molecule has 1 saturated heterocycles. The molecule has 1 amide bonds. The van der Waals surface area contributed by atoms with E-state index in [4.69, 9.17) is 20.1 Å². The van der Waals surface area contributed by atoms with E-state index in [1.807, 2.05) is 0 Å². The number of carbonyl (C=O) groups is 1. The van der Waals surface area contributed by atoms with Crippen LogP contribution in [0.5, 0.6) is 5.75 Å². The minimum Gasteiger partial charge on any atom is -0.491 e. The van der Waals surface area contributed by atoms with Gasteiger partial charge in [-0.3, -0.25) is 10.2 Å². The van der Waals surface area contributed by atoms with E-state index >= 15 is 0 Å². The Morgan fingerprint density at radius 1 is 1.37 bits per heavy atom. The standard InChI is InChI=1S/C13H18N2O4/c14-15-13(16)10-1-3-11(4-2-10)18-7-8-19-12-5-6-17-9-12/h1-4,12H,5-9,14H2,(H,15,16). The quantitative estimate of drug-likeness (QED) is 0.338. The molecule has 0 saturated carbocycles. The maximum absolute atomic E-state index is 11.2. The third-order valence-electron chi connectivity index (χ3n) is 2.84. The normalized spacial score (nSPS) is 18.3. The second-order valence-electron chi connectivity index (χ2n) is 4.20. The summed E-state index contributed by atoms with van der Waals surface area (Å²) in [6, 6.07) is 6.76. The van der Waals surface area contributed by atoms with E-state index < -0.39 is 0 Å². The molecule has 0 aromatic heterocycles. The van der Waals surface area contributed by atoms with E-state index in [2.05, 4.69) is 5.43 Å². The van der Waals surface area contributed by atoms with Gasteiger partial charge in [-0.2, -0.15) is 0 Å². The number of hydrazine groups is 1. The van der Waals surface area contributed by atoms with E-state index in [-0.39, 0.29) is 12.0 Å². The highest BCUT2D eigenvalue weighted by Gasteiger charge is 2.15. The lowest BCUT2D eigenvalue weighted by molar-refractivity contribution is 0.0265. The highest BCUT2D eigenvalue weighted by molar-refractivity contribution is 5.93. The van der Waals surface area contributed by atoms with Gasteiger partial charge in [0.25, 0.3) is 5.91 Å². The van der Waals surface area contributed by atoms with Crippen molar-refractivity contribution >= 4 is 5.91 Å². The third kappa shape index (κ3) is 4.20. The molecule has 19 heavy (non-hydrogen) atoms. The molecule has 2 rings (SSSR count). The molecule has 6 heteroatoms. The van der Waals surface area contributed by atoms with Crippen molar-refractivity contribution in [2.24, 2.45) is 5.84 Å². The van der Waals surface area contributed by atoms with Gasteiger partial charge in [0, 0.05) is 12.2 Å². The van der Waals surface area contributed by atoms with Crippen LogP contribution in [-0.4, -0.2) is 38.4 Å². The van der Waals surface area contributed by atoms with Crippen molar-refractivity contribution in [2.45, 2.75) is 12.5 Å². The number of rotatable bonds is 6. The fourth-order valence-corrected chi connectivity index (χ4v) is 1.80. The lowest BCUT2D eigenvalue weighted by atomic mass is 10.2. The highest BCUT2D eigenvalue weighted by atomic mass is 16.6. The van der Waals surface area contributed by atoms with Crippen molar-refractivity contribution in [3.63, 3.8) is 0 Å². The molecule has 3 N–H and O–H groups in total. The Morgan fingerprint density at radius 3 is 2.79 bits per heavy atom. The maximum Gasteiger partial charge on any atom is 0.265 e. The van der Waals surface area contributed by atoms with Crippen molar-refractivity contribution in [1.29, 1.82) is 0 Å². The van der Waals surface area contributed by atoms with Crippen LogP contribution in [0.3, 0.4) is 0 Å². The number of hydrogen-bond donors (Lipinski definition) is 2. The molecule has 104 valence electrons. The van der Waals surface area contributed by atoms with Gasteiger partial charge in [-0.15, -0.1) is 0 Å². The zero-order valence-electron chi connectivity index (χ0n) is 10.6. The Morgan fingerprint density at radius 2 is 2.16 bits per heavy atom. The molecule has 6 nitrogen and oxygen atoms in total. The summed E-state index contributed by atoms with van der Waals surface area (Å²) in [5.74, 6) is 5.41. The van der Waals surface area contributed by atoms with Gasteiger partial charge in [0.1, 0.15) is 12.4 Å². The molecule has 1 atom stereocenters. The highest BCUT2D eigenvalue weighted by Crippen LogP contribution is 2.12. The molecule has 1 aliphatic rings. The van der Waals surface area contributed by atoms with Crippen molar-refractivity contribution in [2.75, 3.05) is 26.4 Å². The van der Waals surface area contributed by atoms with Gasteiger partial charge in [0.15, 0.2) is 0 Å². The summed E-state index contributed by atoms with van der Waals surface area (Å²) in [5, 5.41) is 0. The van der Waals surface area contributed by atoms with Crippen molar-refractivity contribution in [3.8, 4) is 5.75 Å². The lowest BCUT2D eigenvalue weighted by Gasteiger charge is -2.11. The summed E-state index contributed by atoms with van der Waals surface area (Å²) in [6.45, 7) is 2.44. The smallest absolute Gasteiger partial charge is 0.265 e. The Labute approximate surface area is 111 Å². The van der Waals surface area contributed by atoms with Gasteiger partial charge >= 0.3 is 0 Å². The first-order chi connectivity index (χ1) is 9.29. The molecule has 0 aliphatic carbocycles. The second kappa shape index (κ2) is 7.08. The van der Waals surface area contributed by atoms with E-state index in [1.165, 1.54) is 0 Å². The Balaban J connectivity index is 1.69. The average Bonchev–Trinajstić information content (AvgIpc) is 2.96. The van der Waals surface area contributed by atoms with Crippen LogP contribution >= 0.6 is 0 Å². The van der Waals surface area contributed by atoms with Gasteiger partial charge in [0.05, 0.1) is 19.3 Å². The molecular weight excluding hydrogens is 248 g/mol. The molecule has 1 aliphatic heterocycles. The Bertz CT molecular complexity index is 402. The fourth-order valence-electron chi connectivity index (χ4n) is 1.80. The van der Waals surface area contributed by atoms with Crippen LogP contribution in [0, 0.1) is 0 Å². The SMILES string of the molecule is NNC(=O)c1ccc(OCCOC2CCOC2)cc1. The van der Waals surface area contributed by atoms with Crippen LogP contribution in [0.15, 0.2) is 24.3 Å². The first-order valence-electron chi connectivity index (χ1n) is 6.23. The maximum atomic E-state index is 11.2. The summed E-state index contributed by atoms with van der Waals surface area (Å²) in [5.41, 5.74) is 2.57. The van der Waals surface area contributed by atoms with Crippen LogP contribution in [-0.2, 0) is 9.47 Å². The van der Waals surface area contributed by atoms with Crippen LogP contribution in [0.4, 0.5) is 0 Å². The van der Waals surface area contributed by atoms with Gasteiger partial charge in [-0.1, -0.05) is 0 Å². The van der Waals surface area contributed by atoms with Gasteiger partial charge in [0.2, 0.25) is 0 Å². The van der Waals surface area contributed by atoms with E-state index in [0.29, 0.717) is 31.1 Å². The number of nitrogen functional groups attached to an aromatic ring is 1. The number of amides is 1. The molecule has 1 fully saturated rings. The molecule has 1 aromatic carbocycles. The molecule has 1 aromatic rings. The van der Waals surface area contributed by atoms with Crippen molar-refractivity contribution in [3.05, 3.63) is 29.8 Å². The molecule has 0 spiro atoms. The number of nitrogens with one attached hydrogen (secondary N) is 1. The van der Waals surface area contributed by atoms with E-state index in [0.717, 1.165) is 13.0 Å². The average molecular weight is 266 g/mol. The minimum absolute atomic E-state index is 0.194. The van der Waals surface area contributed by atoms with Crippen molar-refractivity contribution < 1.29 is 19.0 Å². The minimum atomic E-state index is -0.323. The number of benzene rings is 1. The zero-order valence-corrected chi connectivity index (χ0v) is 10.6. The first-order valence-corrected chi connectivity index (χ1v) is 6.23. The van der Waals surface area contributed by atoms with E-state index in [9.17, 15) is 4.79 Å². The predicted octanol–water partition coefficient (Wildman–Crippen LogP) is 0.474. The van der Waals surface area contributed by atoms with Crippen LogP contribution in [0.1, 0.15) is 16.8 Å². The molecular formula is C13H18N2O4. The zero-order chi connectivity index (χ0) is 13.5. The van der Waals surface area contributed by atoms with Crippen molar-refractivity contribution in [1.82, 2.24) is 5.43 Å². The van der Waals surface area contributed by atoms with Gasteiger partial charge < -0.3 is 14.2 Å². The topological polar surface area (TPSA) is 82.8 Å². The predicted molar refractivity (Wildman–Crippen MR) is 68.8 cm³/mol. The monoisotopic (exact) mass is 266 g/mol. The number of hydrogen-bond acceptors (Lipinski definition) is 5. The summed E-state index contributed by atoms with van der Waals surface area (Å²) < 4.78 is 16.3. The fraction of sp³-hybridized carbons (Fsp3) is 0.462. The molecule has 1 heterocycles. The molecule has 0 radical (unpaired) electrons. The summed E-state index contributed by atoms with van der Waals surface area (Å²) in [7, 11) is 0. The summed E-state index contributed by atoms with van der Waals surface area (Å²) in [4.78, 5) is 11.2. The summed E-state index contributed by atoms with van der Waals surface area (Å²) in [6.07, 6.45) is 1.14. The van der Waals surface area contributed by atoms with Gasteiger partial charge in [-0.25, -0.2) is 5.84 Å².